The fourth-order valence-electron chi connectivity index (χ4n) is 2.19. The zero-order valence-corrected chi connectivity index (χ0v) is 15.3. The van der Waals surface area contributed by atoms with Crippen LogP contribution in [-0.2, 0) is 0 Å². The number of nitrogens with one attached hydrogen (secondary N) is 2. The number of nitrogen functional groups attached to an aromatic ring is 1. The second-order valence-electron chi connectivity index (χ2n) is 5.27. The van der Waals surface area contributed by atoms with Gasteiger partial charge in [-0.15, -0.1) is 11.3 Å². The van der Waals surface area contributed by atoms with Crippen molar-refractivity contribution < 1.29 is 13.6 Å². The number of halogens is 2. The minimum Gasteiger partial charge on any atom is -0.382 e. The number of carbonyl (C=O) groups is 1. The van der Waals surface area contributed by atoms with Gasteiger partial charge in [-0.1, -0.05) is 18.9 Å². The largest absolute Gasteiger partial charge is 0.382 e. The van der Waals surface area contributed by atoms with E-state index >= 15 is 0 Å². The maximum Gasteiger partial charge on any atom is 0.258 e. The quantitative estimate of drug-likeness (QED) is 0.426. The summed E-state index contributed by atoms with van der Waals surface area (Å²) in [5, 5.41) is 3.82. The van der Waals surface area contributed by atoms with E-state index in [4.69, 9.17) is 5.73 Å². The molecule has 3 rings (SSSR count). The first-order chi connectivity index (χ1) is 12.5. The van der Waals surface area contributed by atoms with Gasteiger partial charge in [0.25, 0.3) is 5.91 Å². The van der Waals surface area contributed by atoms with Crippen LogP contribution in [0.1, 0.15) is 23.7 Å². The van der Waals surface area contributed by atoms with Crippen molar-refractivity contribution in [2.45, 2.75) is 13.3 Å². The lowest BCUT2D eigenvalue weighted by atomic mass is 10.2. The van der Waals surface area contributed by atoms with Crippen LogP contribution in [0.5, 0.6) is 0 Å². The van der Waals surface area contributed by atoms with Crippen LogP contribution in [-0.4, -0.2) is 21.6 Å². The highest BCUT2D eigenvalue weighted by Crippen LogP contribution is 2.31. The highest BCUT2D eigenvalue weighted by Gasteiger charge is 2.20. The van der Waals surface area contributed by atoms with Crippen molar-refractivity contribution in [3.63, 3.8) is 0 Å². The zero-order valence-electron chi connectivity index (χ0n) is 13.7. The maximum absolute atomic E-state index is 14.6. The Morgan fingerprint density at radius 3 is 2.92 bits per heavy atom. The molecule has 0 aliphatic carbocycles. The summed E-state index contributed by atoms with van der Waals surface area (Å²) in [6.07, 6.45) is 2.14. The Hall–Kier alpha value is -2.46. The summed E-state index contributed by atoms with van der Waals surface area (Å²) in [5.74, 6) is -1.40. The van der Waals surface area contributed by atoms with E-state index in [0.717, 1.165) is 18.2 Å². The van der Waals surface area contributed by atoms with Gasteiger partial charge in [-0.3, -0.25) is 4.79 Å². The number of carbonyl (C=O) groups excluding carboxylic acids is 1. The predicted molar refractivity (Wildman–Crippen MR) is 103 cm³/mol. The van der Waals surface area contributed by atoms with E-state index in [1.165, 1.54) is 41.1 Å². The first kappa shape index (κ1) is 18.3. The Labute approximate surface area is 156 Å². The smallest absolute Gasteiger partial charge is 0.258 e. The van der Waals surface area contributed by atoms with Crippen LogP contribution in [0.25, 0.3) is 10.2 Å². The van der Waals surface area contributed by atoms with Gasteiger partial charge >= 0.3 is 0 Å². The topological polar surface area (TPSA) is 92.9 Å². The Kier molecular flexibility index (Phi) is 5.52. The van der Waals surface area contributed by atoms with Crippen molar-refractivity contribution in [3.05, 3.63) is 41.0 Å². The number of nitrogens with zero attached hydrogens (tertiary/aromatic N) is 2. The molecule has 136 valence electrons. The molecular formula is C16H15F2N5OS2. The van der Waals surface area contributed by atoms with Crippen molar-refractivity contribution in [1.82, 2.24) is 9.97 Å². The van der Waals surface area contributed by atoms with Gasteiger partial charge in [0.2, 0.25) is 0 Å². The van der Waals surface area contributed by atoms with Crippen molar-refractivity contribution in [2.75, 3.05) is 21.5 Å². The number of fused-ring (bicyclic) bond motifs is 1. The highest BCUT2D eigenvalue weighted by atomic mass is 32.2. The van der Waals surface area contributed by atoms with Gasteiger partial charge in [0.05, 0.1) is 21.5 Å². The molecule has 0 spiro atoms. The number of thiophene rings is 1. The first-order valence-electron chi connectivity index (χ1n) is 7.67. The van der Waals surface area contributed by atoms with Gasteiger partial charge in [0.1, 0.15) is 23.6 Å². The Bertz CT molecular complexity index is 963. The van der Waals surface area contributed by atoms with Crippen molar-refractivity contribution in [2.24, 2.45) is 0 Å². The molecule has 0 fully saturated rings. The fourth-order valence-corrected chi connectivity index (χ4v) is 3.71. The van der Waals surface area contributed by atoms with Crippen LogP contribution in [0.2, 0.25) is 0 Å². The van der Waals surface area contributed by atoms with Crippen LogP contribution in [0.3, 0.4) is 0 Å². The molecule has 0 aliphatic heterocycles. The summed E-state index contributed by atoms with van der Waals surface area (Å²) < 4.78 is 32.0. The summed E-state index contributed by atoms with van der Waals surface area (Å²) in [7, 11) is 0. The molecule has 0 bridgehead atoms. The lowest BCUT2D eigenvalue weighted by Gasteiger charge is -2.12. The van der Waals surface area contributed by atoms with E-state index in [-0.39, 0.29) is 17.1 Å². The summed E-state index contributed by atoms with van der Waals surface area (Å²) in [4.78, 5) is 20.4. The lowest BCUT2D eigenvalue weighted by Crippen LogP contribution is -2.15. The summed E-state index contributed by atoms with van der Waals surface area (Å²) in [6, 6.07) is 2.39. The highest BCUT2D eigenvalue weighted by molar-refractivity contribution is 8.00. The predicted octanol–water partition coefficient (Wildman–Crippen LogP) is 4.27. The standard InChI is InChI=1S/C16H15F2N5OS2/c1-2-5-26-23-10-4-3-9(17)13(11(10)18)22-16(24)8-6-25-14-12(8)20-7-21-15(14)19/h3-4,6-7,23H,2,5H2,1H3,(H,22,24)(H2,19,20,21). The fraction of sp³-hybridized carbons (Fsp3) is 0.188. The molecular weight excluding hydrogens is 380 g/mol. The van der Waals surface area contributed by atoms with Crippen LogP contribution in [0.15, 0.2) is 23.8 Å². The number of rotatable bonds is 6. The number of hydrogen-bond acceptors (Lipinski definition) is 7. The van der Waals surface area contributed by atoms with Gasteiger partial charge < -0.3 is 15.8 Å². The van der Waals surface area contributed by atoms with Crippen LogP contribution >= 0.6 is 23.3 Å². The monoisotopic (exact) mass is 395 g/mol. The molecule has 4 N–H and O–H groups in total. The second kappa shape index (κ2) is 7.83. The van der Waals surface area contributed by atoms with Gasteiger partial charge in [-0.25, -0.2) is 18.7 Å². The van der Waals surface area contributed by atoms with Crippen LogP contribution in [0.4, 0.5) is 26.0 Å². The number of anilines is 3. The molecule has 6 nitrogen and oxygen atoms in total. The molecule has 0 saturated carbocycles. The molecule has 0 atom stereocenters. The molecule has 1 aromatic carbocycles. The molecule has 10 heteroatoms. The lowest BCUT2D eigenvalue weighted by molar-refractivity contribution is 0.102. The van der Waals surface area contributed by atoms with E-state index in [1.807, 2.05) is 6.92 Å². The van der Waals surface area contributed by atoms with Gasteiger partial charge in [-0.2, -0.15) is 0 Å². The van der Waals surface area contributed by atoms with Gasteiger partial charge in [0.15, 0.2) is 5.82 Å². The van der Waals surface area contributed by atoms with Crippen molar-refractivity contribution in [1.29, 1.82) is 0 Å². The zero-order chi connectivity index (χ0) is 18.7. The molecule has 26 heavy (non-hydrogen) atoms. The summed E-state index contributed by atoms with van der Waals surface area (Å²) in [5.41, 5.74) is 5.85. The molecule has 0 unspecified atom stereocenters. The molecule has 3 aromatic rings. The number of hydrogen-bond donors (Lipinski definition) is 3. The number of amides is 1. The number of benzene rings is 1. The normalized spacial score (nSPS) is 10.9. The molecule has 0 saturated heterocycles. The third kappa shape index (κ3) is 3.56. The van der Waals surface area contributed by atoms with E-state index in [0.29, 0.717) is 10.2 Å². The van der Waals surface area contributed by atoms with E-state index in [1.54, 1.807) is 0 Å². The molecule has 2 heterocycles. The average molecular weight is 395 g/mol. The summed E-state index contributed by atoms with van der Waals surface area (Å²) >= 11 is 2.49. The van der Waals surface area contributed by atoms with Gasteiger partial charge in [-0.05, 0) is 18.6 Å². The van der Waals surface area contributed by atoms with E-state index in [9.17, 15) is 13.6 Å². The third-order valence-corrected chi connectivity index (χ3v) is 5.41. The molecule has 2 aromatic heterocycles. The molecule has 1 amide bonds. The average Bonchev–Trinajstić information content (AvgIpc) is 3.06. The van der Waals surface area contributed by atoms with Gasteiger partial charge in [0, 0.05) is 11.1 Å². The molecule has 0 radical (unpaired) electrons. The van der Waals surface area contributed by atoms with Crippen LogP contribution in [0, 0.1) is 11.6 Å². The minimum absolute atomic E-state index is 0.0990. The van der Waals surface area contributed by atoms with Crippen molar-refractivity contribution in [3.8, 4) is 0 Å². The summed E-state index contributed by atoms with van der Waals surface area (Å²) in [6.45, 7) is 1.99. The Balaban J connectivity index is 1.89. The number of nitrogens with two attached hydrogens (primary N) is 1. The Morgan fingerprint density at radius 2 is 2.15 bits per heavy atom. The van der Waals surface area contributed by atoms with E-state index < -0.39 is 23.2 Å². The van der Waals surface area contributed by atoms with Crippen molar-refractivity contribution >= 4 is 56.6 Å². The molecule has 0 aliphatic rings. The Morgan fingerprint density at radius 1 is 1.35 bits per heavy atom. The van der Waals surface area contributed by atoms with E-state index in [2.05, 4.69) is 20.0 Å². The third-order valence-electron chi connectivity index (χ3n) is 3.44. The van der Waals surface area contributed by atoms with Crippen LogP contribution < -0.4 is 15.8 Å². The second-order valence-corrected chi connectivity index (χ2v) is 7.06. The SMILES string of the molecule is CCCSNc1ccc(F)c(NC(=O)c2csc3c(N)ncnc23)c1F. The minimum atomic E-state index is -0.865. The number of aromatic nitrogens is 2. The first-order valence-corrected chi connectivity index (χ1v) is 9.54. The maximum atomic E-state index is 14.6.